The van der Waals surface area contributed by atoms with Crippen LogP contribution in [0.1, 0.15) is 44.2 Å². The lowest BCUT2D eigenvalue weighted by Crippen LogP contribution is -2.41. The summed E-state index contributed by atoms with van der Waals surface area (Å²) in [5.41, 5.74) is 0.619. The average Bonchev–Trinajstić information content (AvgIpc) is 2.40. The van der Waals surface area contributed by atoms with Crippen molar-refractivity contribution in [2.24, 2.45) is 0 Å². The van der Waals surface area contributed by atoms with Crippen LogP contribution in [0.4, 0.5) is 4.39 Å². The molecule has 1 saturated heterocycles. The van der Waals surface area contributed by atoms with Crippen LogP contribution in [0.25, 0.3) is 0 Å². The van der Waals surface area contributed by atoms with Crippen molar-refractivity contribution in [3.05, 3.63) is 29.8 Å². The zero-order valence-electron chi connectivity index (χ0n) is 11.7. The Kier molecular flexibility index (Phi) is 5.10. The first-order chi connectivity index (χ1) is 9.54. The van der Waals surface area contributed by atoms with Crippen LogP contribution >= 0.6 is 0 Å². The highest BCUT2D eigenvalue weighted by Gasteiger charge is 2.36. The molecule has 4 nitrogen and oxygen atoms in total. The molecule has 0 amide bonds. The van der Waals surface area contributed by atoms with Crippen LogP contribution in [-0.4, -0.2) is 30.9 Å². The number of sulfone groups is 1. The van der Waals surface area contributed by atoms with Crippen molar-refractivity contribution in [2.45, 2.75) is 43.9 Å². The van der Waals surface area contributed by atoms with E-state index in [1.54, 1.807) is 6.20 Å². The molecule has 1 aliphatic rings. The number of nitrogens with zero attached hydrogens (tertiary/aromatic N) is 1. The molecular weight excluding hydrogens is 279 g/mol. The third-order valence-electron chi connectivity index (χ3n) is 3.70. The molecule has 0 saturated carbocycles. The molecular formula is C14H21FN2O2S. The van der Waals surface area contributed by atoms with Crippen molar-refractivity contribution >= 4 is 9.84 Å². The standard InChI is InChI=1S/C14H21FN2O2S/c1-2-6-17-14(11-8-12(15)10-16-9-11)13-5-3-4-7-20(13,18)19/h8-10,13-14,17H,2-7H2,1H3. The van der Waals surface area contributed by atoms with Crippen LogP contribution in [0.2, 0.25) is 0 Å². The van der Waals surface area contributed by atoms with Gasteiger partial charge in [-0.1, -0.05) is 13.3 Å². The molecule has 2 unspecified atom stereocenters. The molecule has 1 fully saturated rings. The van der Waals surface area contributed by atoms with Gasteiger partial charge in [0.05, 0.1) is 23.2 Å². The van der Waals surface area contributed by atoms with Crippen molar-refractivity contribution in [3.63, 3.8) is 0 Å². The third kappa shape index (κ3) is 3.55. The minimum absolute atomic E-state index is 0.227. The number of nitrogens with one attached hydrogen (secondary N) is 1. The molecule has 2 rings (SSSR count). The van der Waals surface area contributed by atoms with Crippen LogP contribution in [0.5, 0.6) is 0 Å². The van der Waals surface area contributed by atoms with Gasteiger partial charge < -0.3 is 5.32 Å². The molecule has 1 aromatic heterocycles. The Morgan fingerprint density at radius 1 is 1.45 bits per heavy atom. The average molecular weight is 300 g/mol. The Bertz CT molecular complexity index is 548. The van der Waals surface area contributed by atoms with Gasteiger partial charge in [0.1, 0.15) is 5.82 Å². The Hall–Kier alpha value is -1.01. The first kappa shape index (κ1) is 15.4. The van der Waals surface area contributed by atoms with Gasteiger partial charge >= 0.3 is 0 Å². The minimum atomic E-state index is -3.13. The second-order valence-corrected chi connectivity index (χ2v) is 7.61. The SMILES string of the molecule is CCCNC(c1cncc(F)c1)C1CCCCS1(=O)=O. The first-order valence-corrected chi connectivity index (χ1v) is 8.81. The summed E-state index contributed by atoms with van der Waals surface area (Å²) in [5, 5.41) is 2.77. The molecule has 2 heterocycles. The van der Waals surface area contributed by atoms with Crippen LogP contribution in [-0.2, 0) is 9.84 Å². The lowest BCUT2D eigenvalue weighted by molar-refractivity contribution is 0.444. The van der Waals surface area contributed by atoms with Gasteiger partial charge in [0.15, 0.2) is 9.84 Å². The predicted octanol–water partition coefficient (Wildman–Crippen LogP) is 2.23. The summed E-state index contributed by atoms with van der Waals surface area (Å²) in [5.74, 6) is -0.205. The van der Waals surface area contributed by atoms with E-state index in [0.29, 0.717) is 18.5 Å². The lowest BCUT2D eigenvalue weighted by Gasteiger charge is -2.31. The van der Waals surface area contributed by atoms with Gasteiger partial charge in [-0.3, -0.25) is 4.98 Å². The van der Waals surface area contributed by atoms with Crippen molar-refractivity contribution < 1.29 is 12.8 Å². The van der Waals surface area contributed by atoms with Crippen molar-refractivity contribution in [1.82, 2.24) is 10.3 Å². The van der Waals surface area contributed by atoms with E-state index in [1.807, 2.05) is 6.92 Å². The highest BCUT2D eigenvalue weighted by atomic mass is 32.2. The maximum absolute atomic E-state index is 13.4. The fraction of sp³-hybridized carbons (Fsp3) is 0.643. The van der Waals surface area contributed by atoms with Gasteiger partial charge in [-0.25, -0.2) is 12.8 Å². The molecule has 1 aliphatic heterocycles. The highest BCUT2D eigenvalue weighted by molar-refractivity contribution is 7.92. The summed E-state index contributed by atoms with van der Waals surface area (Å²) in [6.07, 6.45) is 5.83. The Morgan fingerprint density at radius 2 is 2.25 bits per heavy atom. The van der Waals surface area contributed by atoms with E-state index in [0.717, 1.165) is 25.5 Å². The largest absolute Gasteiger partial charge is 0.309 e. The molecule has 6 heteroatoms. The molecule has 20 heavy (non-hydrogen) atoms. The van der Waals surface area contributed by atoms with E-state index in [2.05, 4.69) is 10.3 Å². The van der Waals surface area contributed by atoms with Gasteiger partial charge in [0.2, 0.25) is 0 Å². The van der Waals surface area contributed by atoms with E-state index in [1.165, 1.54) is 6.07 Å². The van der Waals surface area contributed by atoms with Crippen molar-refractivity contribution in [3.8, 4) is 0 Å². The Balaban J connectivity index is 2.31. The summed E-state index contributed by atoms with van der Waals surface area (Å²) in [4.78, 5) is 3.85. The van der Waals surface area contributed by atoms with Crippen molar-refractivity contribution in [2.75, 3.05) is 12.3 Å². The molecule has 1 aromatic rings. The molecule has 2 atom stereocenters. The highest BCUT2D eigenvalue weighted by Crippen LogP contribution is 2.30. The van der Waals surface area contributed by atoms with E-state index in [-0.39, 0.29) is 11.8 Å². The van der Waals surface area contributed by atoms with Crippen LogP contribution in [0, 0.1) is 5.82 Å². The van der Waals surface area contributed by atoms with Gasteiger partial charge in [-0.05, 0) is 37.4 Å². The van der Waals surface area contributed by atoms with Crippen molar-refractivity contribution in [1.29, 1.82) is 0 Å². The zero-order valence-corrected chi connectivity index (χ0v) is 12.5. The molecule has 0 aromatic carbocycles. The molecule has 112 valence electrons. The maximum atomic E-state index is 13.4. The summed E-state index contributed by atoms with van der Waals surface area (Å²) in [6.45, 7) is 2.72. The normalized spacial score (nSPS) is 23.4. The summed E-state index contributed by atoms with van der Waals surface area (Å²) < 4.78 is 38.0. The van der Waals surface area contributed by atoms with Gasteiger partial charge in [-0.15, -0.1) is 0 Å². The lowest BCUT2D eigenvalue weighted by atomic mass is 10.0. The quantitative estimate of drug-likeness (QED) is 0.906. The number of hydrogen-bond donors (Lipinski definition) is 1. The molecule has 1 N–H and O–H groups in total. The Labute approximate surface area is 119 Å². The number of halogens is 1. The molecule has 0 radical (unpaired) electrons. The van der Waals surface area contributed by atoms with E-state index < -0.39 is 20.9 Å². The molecule has 0 spiro atoms. The number of aromatic nitrogens is 1. The first-order valence-electron chi connectivity index (χ1n) is 7.10. The molecule has 0 aliphatic carbocycles. The number of rotatable bonds is 5. The van der Waals surface area contributed by atoms with Crippen LogP contribution in [0.3, 0.4) is 0 Å². The maximum Gasteiger partial charge on any atom is 0.155 e. The van der Waals surface area contributed by atoms with E-state index in [9.17, 15) is 12.8 Å². The zero-order chi connectivity index (χ0) is 14.6. The number of pyridine rings is 1. The smallest absolute Gasteiger partial charge is 0.155 e. The topological polar surface area (TPSA) is 59.1 Å². The van der Waals surface area contributed by atoms with Crippen LogP contribution in [0.15, 0.2) is 18.5 Å². The van der Waals surface area contributed by atoms with Crippen LogP contribution < -0.4 is 5.32 Å². The number of hydrogen-bond acceptors (Lipinski definition) is 4. The fourth-order valence-electron chi connectivity index (χ4n) is 2.72. The van der Waals surface area contributed by atoms with Gasteiger partial charge in [-0.2, -0.15) is 0 Å². The van der Waals surface area contributed by atoms with Gasteiger partial charge in [0.25, 0.3) is 0 Å². The minimum Gasteiger partial charge on any atom is -0.309 e. The second-order valence-electron chi connectivity index (χ2n) is 5.27. The monoisotopic (exact) mass is 300 g/mol. The predicted molar refractivity (Wildman–Crippen MR) is 76.7 cm³/mol. The Morgan fingerprint density at radius 3 is 2.90 bits per heavy atom. The summed E-state index contributed by atoms with van der Waals surface area (Å²) in [6, 6.07) is 1.01. The third-order valence-corrected chi connectivity index (χ3v) is 5.99. The molecule has 0 bridgehead atoms. The fourth-order valence-corrected chi connectivity index (χ4v) is 4.82. The summed E-state index contributed by atoms with van der Waals surface area (Å²) >= 11 is 0. The van der Waals surface area contributed by atoms with Gasteiger partial charge in [0, 0.05) is 6.20 Å². The van der Waals surface area contributed by atoms with E-state index in [4.69, 9.17) is 0 Å². The van der Waals surface area contributed by atoms with E-state index >= 15 is 0 Å². The summed E-state index contributed by atoms with van der Waals surface area (Å²) in [7, 11) is -3.13. The second kappa shape index (κ2) is 6.63.